The normalized spacial score (nSPS) is 10.8. The molecule has 0 unspecified atom stereocenters. The van der Waals surface area contributed by atoms with E-state index < -0.39 is 11.8 Å². The molecular weight excluding hydrogens is 400 g/mol. The Labute approximate surface area is 175 Å². The van der Waals surface area contributed by atoms with Crippen molar-refractivity contribution in [1.29, 1.82) is 0 Å². The molecule has 164 valence electrons. The van der Waals surface area contributed by atoms with E-state index in [1.165, 1.54) is 24.6 Å². The third kappa shape index (κ3) is 26.9. The maximum Gasteiger partial charge on any atom is 0.242 e. The van der Waals surface area contributed by atoms with Crippen LogP contribution in [0.5, 0.6) is 0 Å². The molecule has 0 aromatic rings. The van der Waals surface area contributed by atoms with Crippen LogP contribution in [0.4, 0.5) is 0 Å². The van der Waals surface area contributed by atoms with Crippen LogP contribution in [0.25, 0.3) is 0 Å². The van der Waals surface area contributed by atoms with Crippen LogP contribution in [0.3, 0.4) is 0 Å². The van der Waals surface area contributed by atoms with Crippen molar-refractivity contribution >= 4 is 33.4 Å². The van der Waals surface area contributed by atoms with Gasteiger partial charge in [0.05, 0.1) is 0 Å². The number of nitrogens with two attached hydrogens (primary N) is 5. The average molecular weight is 437 g/mol. The smallest absolute Gasteiger partial charge is 0.242 e. The monoisotopic (exact) mass is 436 g/mol. The second-order valence-corrected chi connectivity index (χ2v) is 7.89. The molecule has 0 spiro atoms. The summed E-state index contributed by atoms with van der Waals surface area (Å²) in [5.41, 5.74) is 25.9. The van der Waals surface area contributed by atoms with Gasteiger partial charge >= 0.3 is 0 Å². The molecule has 0 heterocycles. The molecule has 2 amide bonds. The minimum absolute atomic E-state index is 0.544. The van der Waals surface area contributed by atoms with E-state index in [4.69, 9.17) is 28.7 Å². The molecule has 0 aliphatic carbocycles. The minimum atomic E-state index is -0.544. The number of rotatable bonds is 17. The molecule has 0 saturated carbocycles. The van der Waals surface area contributed by atoms with E-state index in [0.717, 1.165) is 37.7 Å². The Morgan fingerprint density at radius 1 is 0.750 bits per heavy atom. The zero-order chi connectivity index (χ0) is 21.5. The summed E-state index contributed by atoms with van der Waals surface area (Å²) in [5, 5.41) is 6.33. The number of carbonyl (C=O) groups excluding carboxylic acids is 2. The van der Waals surface area contributed by atoms with E-state index in [2.05, 4.69) is 10.6 Å². The van der Waals surface area contributed by atoms with Crippen LogP contribution >= 0.6 is 21.6 Å². The third-order valence-electron chi connectivity index (χ3n) is 2.70. The van der Waals surface area contributed by atoms with Crippen molar-refractivity contribution in [2.24, 2.45) is 28.7 Å². The summed E-state index contributed by atoms with van der Waals surface area (Å²) in [7, 11) is 3.35. The van der Waals surface area contributed by atoms with Crippen LogP contribution in [0.1, 0.15) is 0 Å². The molecule has 12 N–H and O–H groups in total. The fourth-order valence-corrected chi connectivity index (χ4v) is 3.31. The highest BCUT2D eigenvalue weighted by molar-refractivity contribution is 8.76. The van der Waals surface area contributed by atoms with Gasteiger partial charge in [0, 0.05) is 88.4 Å². The van der Waals surface area contributed by atoms with E-state index in [-0.39, 0.29) is 0 Å². The maximum atomic E-state index is 10.6. The first kappa shape index (κ1) is 28.9. The van der Waals surface area contributed by atoms with Crippen molar-refractivity contribution in [3.05, 3.63) is 24.6 Å². The number of carbonyl (C=O) groups is 2. The second kappa shape index (κ2) is 23.8. The zero-order valence-electron chi connectivity index (χ0n) is 16.3. The Hall–Kier alpha value is -1.28. The first-order valence-electron chi connectivity index (χ1n) is 8.95. The molecule has 0 atom stereocenters. The molecule has 0 aliphatic heterocycles. The van der Waals surface area contributed by atoms with Gasteiger partial charge in [-0.3, -0.25) is 9.59 Å². The fraction of sp³-hybridized carbons (Fsp3) is 0.625. The quantitative estimate of drug-likeness (QED) is 0.0741. The van der Waals surface area contributed by atoms with Crippen LogP contribution < -0.4 is 39.3 Å². The van der Waals surface area contributed by atoms with Crippen LogP contribution in [0, 0.1) is 0 Å². The molecule has 0 radical (unpaired) electrons. The molecule has 0 saturated heterocycles. The SMILES string of the molecule is NCCNCCNCCN.NCCSSCCN(C=CC(N)=O)C=CC(N)=O. The maximum absolute atomic E-state index is 10.6. The van der Waals surface area contributed by atoms with Gasteiger partial charge < -0.3 is 44.2 Å². The van der Waals surface area contributed by atoms with Crippen molar-refractivity contribution < 1.29 is 9.59 Å². The van der Waals surface area contributed by atoms with Gasteiger partial charge in [0.2, 0.25) is 11.8 Å². The molecule has 10 nitrogen and oxygen atoms in total. The molecular formula is C16H36N8O2S2. The molecule has 0 rings (SSSR count). The van der Waals surface area contributed by atoms with E-state index in [1.54, 1.807) is 26.5 Å². The van der Waals surface area contributed by atoms with Crippen LogP contribution in [-0.2, 0) is 9.59 Å². The number of primary amides is 2. The van der Waals surface area contributed by atoms with Crippen molar-refractivity contribution in [2.75, 3.05) is 63.9 Å². The van der Waals surface area contributed by atoms with Gasteiger partial charge in [-0.1, -0.05) is 21.6 Å². The predicted molar refractivity (Wildman–Crippen MR) is 121 cm³/mol. The molecule has 0 fully saturated rings. The average Bonchev–Trinajstić information content (AvgIpc) is 2.66. The number of amides is 2. The summed E-state index contributed by atoms with van der Waals surface area (Å²) in [6, 6.07) is 0. The van der Waals surface area contributed by atoms with Gasteiger partial charge in [0.25, 0.3) is 0 Å². The fourth-order valence-electron chi connectivity index (χ4n) is 1.48. The number of nitrogens with zero attached hydrogens (tertiary/aromatic N) is 1. The van der Waals surface area contributed by atoms with Crippen molar-refractivity contribution in [1.82, 2.24) is 15.5 Å². The minimum Gasteiger partial charge on any atom is -0.366 e. The van der Waals surface area contributed by atoms with E-state index in [1.807, 2.05) is 0 Å². The van der Waals surface area contributed by atoms with Crippen LogP contribution in [-0.4, -0.2) is 80.6 Å². The van der Waals surface area contributed by atoms with Gasteiger partial charge in [0.15, 0.2) is 0 Å². The Kier molecular flexibility index (Phi) is 24.5. The van der Waals surface area contributed by atoms with Gasteiger partial charge in [-0.15, -0.1) is 0 Å². The first-order valence-corrected chi connectivity index (χ1v) is 11.4. The Balaban J connectivity index is 0. The van der Waals surface area contributed by atoms with E-state index in [0.29, 0.717) is 26.2 Å². The predicted octanol–water partition coefficient (Wildman–Crippen LogP) is -2.29. The molecule has 0 aliphatic rings. The van der Waals surface area contributed by atoms with Crippen molar-refractivity contribution in [3.8, 4) is 0 Å². The Morgan fingerprint density at radius 2 is 1.21 bits per heavy atom. The first-order chi connectivity index (χ1) is 13.5. The Morgan fingerprint density at radius 3 is 1.61 bits per heavy atom. The Bertz CT molecular complexity index is 407. The van der Waals surface area contributed by atoms with Gasteiger partial charge in [-0.25, -0.2) is 0 Å². The summed E-state index contributed by atoms with van der Waals surface area (Å²) in [4.78, 5) is 22.9. The highest BCUT2D eigenvalue weighted by Crippen LogP contribution is 2.19. The lowest BCUT2D eigenvalue weighted by Crippen LogP contribution is -2.32. The van der Waals surface area contributed by atoms with Crippen LogP contribution in [0.2, 0.25) is 0 Å². The lowest BCUT2D eigenvalue weighted by atomic mass is 10.5. The van der Waals surface area contributed by atoms with Crippen molar-refractivity contribution in [2.45, 2.75) is 0 Å². The highest BCUT2D eigenvalue weighted by Gasteiger charge is 1.97. The summed E-state index contributed by atoms with van der Waals surface area (Å²) in [6.45, 7) is 6.41. The van der Waals surface area contributed by atoms with E-state index >= 15 is 0 Å². The number of nitrogens with one attached hydrogen (secondary N) is 2. The highest BCUT2D eigenvalue weighted by atomic mass is 33.1. The summed E-state index contributed by atoms with van der Waals surface area (Å²) < 4.78 is 0. The molecule has 0 aromatic carbocycles. The van der Waals surface area contributed by atoms with Gasteiger partial charge in [0.1, 0.15) is 0 Å². The molecule has 0 aromatic heterocycles. The zero-order valence-corrected chi connectivity index (χ0v) is 18.0. The van der Waals surface area contributed by atoms with Gasteiger partial charge in [-0.2, -0.15) is 0 Å². The largest absolute Gasteiger partial charge is 0.366 e. The standard InChI is InChI=1S/C10H18N4O2S2.C6H18N4/c11-3-7-17-18-8-6-14(4-1-9(12)15)5-2-10(13)16;7-1-3-9-5-6-10-4-2-8/h1-2,4-5H,3,6-8,11H2,(H2,12,15)(H2,13,16);9-10H,1-8H2. The topological polar surface area (TPSA) is 192 Å². The summed E-state index contributed by atoms with van der Waals surface area (Å²) >= 11 is 0. The third-order valence-corrected chi connectivity index (χ3v) is 5.12. The summed E-state index contributed by atoms with van der Waals surface area (Å²) in [6.07, 6.45) is 5.47. The number of hydrogen-bond donors (Lipinski definition) is 7. The number of hydrogen-bond acceptors (Lipinski definition) is 10. The van der Waals surface area contributed by atoms with Gasteiger partial charge in [-0.05, 0) is 0 Å². The van der Waals surface area contributed by atoms with Crippen molar-refractivity contribution in [3.63, 3.8) is 0 Å². The molecule has 28 heavy (non-hydrogen) atoms. The van der Waals surface area contributed by atoms with Crippen LogP contribution in [0.15, 0.2) is 24.6 Å². The molecule has 12 heteroatoms. The summed E-state index contributed by atoms with van der Waals surface area (Å²) in [5.74, 6) is 0.616. The van der Waals surface area contributed by atoms with E-state index in [9.17, 15) is 9.59 Å². The lowest BCUT2D eigenvalue weighted by Gasteiger charge is -2.14. The lowest BCUT2D eigenvalue weighted by molar-refractivity contribution is -0.114. The molecule has 0 bridgehead atoms. The second-order valence-electron chi connectivity index (χ2n) is 5.18.